The summed E-state index contributed by atoms with van der Waals surface area (Å²) < 4.78 is 13.5. The number of benzene rings is 1. The maximum absolute atomic E-state index is 13.5. The van der Waals surface area contributed by atoms with Crippen molar-refractivity contribution in [2.45, 2.75) is 12.1 Å². The van der Waals surface area contributed by atoms with Crippen molar-refractivity contribution in [2.24, 2.45) is 11.8 Å². The van der Waals surface area contributed by atoms with Gasteiger partial charge in [-0.3, -0.25) is 24.4 Å². The van der Waals surface area contributed by atoms with E-state index >= 15 is 0 Å². The number of halogens is 1. The summed E-state index contributed by atoms with van der Waals surface area (Å²) in [5.41, 5.74) is 2.19. The van der Waals surface area contributed by atoms with E-state index in [1.54, 1.807) is 12.3 Å². The molecule has 8 nitrogen and oxygen atoms in total. The number of hydrogen-bond donors (Lipinski definition) is 1. The van der Waals surface area contributed by atoms with Crippen molar-refractivity contribution in [1.29, 1.82) is 0 Å². The third-order valence-electron chi connectivity index (χ3n) is 6.92. The number of carbonyl (C=O) groups excluding carboxylic acids is 2. The molecule has 3 aliphatic rings. The number of amides is 3. The molecular formula is C24H23FN4O4. The predicted octanol–water partition coefficient (Wildman–Crippen LogP) is 2.18. The molecule has 0 bridgehead atoms. The van der Waals surface area contributed by atoms with Crippen molar-refractivity contribution < 1.29 is 23.9 Å². The number of nitrogens with zero attached hydrogens (tertiary/aromatic N) is 4. The Morgan fingerprint density at radius 2 is 1.91 bits per heavy atom. The quantitative estimate of drug-likeness (QED) is 0.721. The van der Waals surface area contributed by atoms with E-state index in [0.29, 0.717) is 18.8 Å². The smallest absolute Gasteiger partial charge is 0.407 e. The van der Waals surface area contributed by atoms with Crippen LogP contribution in [0.5, 0.6) is 0 Å². The second-order valence-electron chi connectivity index (χ2n) is 8.65. The topological polar surface area (TPSA) is 94.0 Å². The van der Waals surface area contributed by atoms with Crippen molar-refractivity contribution >= 4 is 24.0 Å². The van der Waals surface area contributed by atoms with E-state index in [1.165, 1.54) is 29.0 Å². The van der Waals surface area contributed by atoms with Gasteiger partial charge >= 0.3 is 6.09 Å². The average molecular weight is 450 g/mol. The zero-order chi connectivity index (χ0) is 23.3. The highest BCUT2D eigenvalue weighted by Crippen LogP contribution is 2.44. The number of carboxylic acid groups (broad SMARTS) is 1. The Morgan fingerprint density at radius 3 is 2.61 bits per heavy atom. The lowest BCUT2D eigenvalue weighted by atomic mass is 9.89. The zero-order valence-corrected chi connectivity index (χ0v) is 18.0. The SMILES string of the molecule is CN1C(=O)C2C(C1=O)C1CN(C(=O)O)CCN1C2/C=C/c1ccc(-c2cccc(F)c2)cn1. The van der Waals surface area contributed by atoms with Gasteiger partial charge in [0.2, 0.25) is 11.8 Å². The highest BCUT2D eigenvalue weighted by Gasteiger charge is 2.61. The zero-order valence-electron chi connectivity index (χ0n) is 18.0. The molecule has 5 rings (SSSR count). The number of piperazine rings is 1. The minimum absolute atomic E-state index is 0.203. The first kappa shape index (κ1) is 21.3. The molecule has 9 heteroatoms. The summed E-state index contributed by atoms with van der Waals surface area (Å²) in [5, 5.41) is 9.41. The van der Waals surface area contributed by atoms with Crippen molar-refractivity contribution in [3.05, 3.63) is 60.2 Å². The number of aromatic nitrogens is 1. The summed E-state index contributed by atoms with van der Waals surface area (Å²) in [6.45, 7) is 0.984. The molecule has 4 atom stereocenters. The predicted molar refractivity (Wildman–Crippen MR) is 117 cm³/mol. The van der Waals surface area contributed by atoms with Crippen LogP contribution in [-0.2, 0) is 9.59 Å². The summed E-state index contributed by atoms with van der Waals surface area (Å²) in [5.74, 6) is -1.89. The second kappa shape index (κ2) is 8.08. The molecule has 0 saturated carbocycles. The van der Waals surface area contributed by atoms with E-state index in [-0.39, 0.29) is 36.3 Å². The number of carbonyl (C=O) groups is 3. The van der Waals surface area contributed by atoms with E-state index < -0.39 is 17.9 Å². The number of pyridine rings is 1. The molecule has 3 amide bonds. The Bertz CT molecular complexity index is 1150. The van der Waals surface area contributed by atoms with E-state index in [4.69, 9.17) is 0 Å². The van der Waals surface area contributed by atoms with Crippen LogP contribution in [0.4, 0.5) is 9.18 Å². The fraction of sp³-hybridized carbons (Fsp3) is 0.333. The lowest BCUT2D eigenvalue weighted by Crippen LogP contribution is -2.56. The Morgan fingerprint density at radius 1 is 1.12 bits per heavy atom. The average Bonchev–Trinajstić information content (AvgIpc) is 3.25. The highest BCUT2D eigenvalue weighted by molar-refractivity contribution is 6.06. The Kier molecular flexibility index (Phi) is 5.20. The van der Waals surface area contributed by atoms with E-state index in [9.17, 15) is 23.9 Å². The van der Waals surface area contributed by atoms with Gasteiger partial charge in [0.1, 0.15) is 5.82 Å². The fourth-order valence-corrected chi connectivity index (χ4v) is 5.29. The Hall–Kier alpha value is -3.59. The first-order chi connectivity index (χ1) is 15.8. The first-order valence-electron chi connectivity index (χ1n) is 10.8. The molecule has 1 N–H and O–H groups in total. The molecule has 1 aromatic heterocycles. The van der Waals surface area contributed by atoms with E-state index in [2.05, 4.69) is 9.88 Å². The van der Waals surface area contributed by atoms with Crippen molar-refractivity contribution in [3.63, 3.8) is 0 Å². The van der Waals surface area contributed by atoms with Crippen molar-refractivity contribution in [1.82, 2.24) is 19.7 Å². The molecule has 0 radical (unpaired) electrons. The maximum atomic E-state index is 13.5. The van der Waals surface area contributed by atoms with Gasteiger partial charge in [0.15, 0.2) is 0 Å². The molecule has 2 aromatic rings. The highest BCUT2D eigenvalue weighted by atomic mass is 19.1. The second-order valence-corrected chi connectivity index (χ2v) is 8.65. The van der Waals surface area contributed by atoms with Crippen molar-refractivity contribution in [3.8, 4) is 11.1 Å². The van der Waals surface area contributed by atoms with E-state index in [0.717, 1.165) is 11.1 Å². The molecule has 4 heterocycles. The van der Waals surface area contributed by atoms with Gasteiger partial charge in [-0.1, -0.05) is 24.3 Å². The summed E-state index contributed by atoms with van der Waals surface area (Å²) >= 11 is 0. The van der Waals surface area contributed by atoms with Crippen LogP contribution in [0.3, 0.4) is 0 Å². The van der Waals surface area contributed by atoms with Crippen LogP contribution in [-0.4, -0.2) is 81.5 Å². The van der Waals surface area contributed by atoms with Crippen LogP contribution in [0.1, 0.15) is 5.69 Å². The van der Waals surface area contributed by atoms with Gasteiger partial charge in [-0.2, -0.15) is 0 Å². The third kappa shape index (κ3) is 3.58. The minimum atomic E-state index is -1.02. The van der Waals surface area contributed by atoms with Gasteiger partial charge < -0.3 is 10.0 Å². The van der Waals surface area contributed by atoms with Gasteiger partial charge in [-0.15, -0.1) is 0 Å². The van der Waals surface area contributed by atoms with Gasteiger partial charge in [0, 0.05) is 50.5 Å². The summed E-state index contributed by atoms with van der Waals surface area (Å²) in [6.07, 6.45) is 4.36. The normalized spacial score (nSPS) is 27.3. The maximum Gasteiger partial charge on any atom is 0.407 e. The van der Waals surface area contributed by atoms with Crippen LogP contribution in [0.15, 0.2) is 48.7 Å². The molecule has 3 aliphatic heterocycles. The lowest BCUT2D eigenvalue weighted by molar-refractivity contribution is -0.140. The van der Waals surface area contributed by atoms with Gasteiger partial charge in [0.25, 0.3) is 0 Å². The van der Waals surface area contributed by atoms with Crippen LogP contribution in [0.2, 0.25) is 0 Å². The number of fused-ring (bicyclic) bond motifs is 3. The van der Waals surface area contributed by atoms with Crippen LogP contribution in [0, 0.1) is 17.7 Å². The van der Waals surface area contributed by atoms with Gasteiger partial charge in [-0.05, 0) is 29.8 Å². The molecule has 0 aliphatic carbocycles. The molecule has 3 saturated heterocycles. The van der Waals surface area contributed by atoms with Crippen LogP contribution >= 0.6 is 0 Å². The minimum Gasteiger partial charge on any atom is -0.465 e. The molecule has 33 heavy (non-hydrogen) atoms. The lowest BCUT2D eigenvalue weighted by Gasteiger charge is -2.39. The first-order valence-corrected chi connectivity index (χ1v) is 10.8. The molecule has 0 spiro atoms. The molecule has 170 valence electrons. The molecule has 1 aromatic carbocycles. The van der Waals surface area contributed by atoms with Crippen LogP contribution < -0.4 is 0 Å². The summed E-state index contributed by atoms with van der Waals surface area (Å²) in [6, 6.07) is 9.31. The molecule has 4 unspecified atom stereocenters. The van der Waals surface area contributed by atoms with Crippen LogP contribution in [0.25, 0.3) is 17.2 Å². The largest absolute Gasteiger partial charge is 0.465 e. The standard InChI is InChI=1S/C24H23FN4O4/c1-27-22(30)20-18(29-10-9-28(24(32)33)13-19(29)21(20)23(27)31)8-7-17-6-5-15(12-26-17)14-3-2-4-16(25)11-14/h2-8,11-12,18-21H,9-10,13H2,1H3,(H,32,33)/b8-7+. The molecular weight excluding hydrogens is 427 g/mol. The number of rotatable bonds is 3. The number of likely N-dealkylation sites (tertiary alicyclic amines) is 1. The number of imide groups is 1. The van der Waals surface area contributed by atoms with Gasteiger partial charge in [0.05, 0.1) is 17.5 Å². The summed E-state index contributed by atoms with van der Waals surface area (Å²) in [4.78, 5) is 46.2. The summed E-state index contributed by atoms with van der Waals surface area (Å²) in [7, 11) is 1.48. The van der Waals surface area contributed by atoms with Crippen molar-refractivity contribution in [2.75, 3.05) is 26.7 Å². The fourth-order valence-electron chi connectivity index (χ4n) is 5.29. The van der Waals surface area contributed by atoms with E-state index in [1.807, 2.05) is 30.4 Å². The van der Waals surface area contributed by atoms with Gasteiger partial charge in [-0.25, -0.2) is 9.18 Å². The third-order valence-corrected chi connectivity index (χ3v) is 6.92. The Balaban J connectivity index is 1.40. The molecule has 3 fully saturated rings. The monoisotopic (exact) mass is 450 g/mol. The number of hydrogen-bond acceptors (Lipinski definition) is 5. The Labute approximate surface area is 189 Å².